The topological polar surface area (TPSA) is 108 Å². The van der Waals surface area contributed by atoms with E-state index in [-0.39, 0.29) is 38.2 Å². The molecule has 0 aromatic heterocycles. The lowest BCUT2D eigenvalue weighted by Gasteiger charge is -2.25. The predicted molar refractivity (Wildman–Crippen MR) is 360 cm³/mol. The van der Waals surface area contributed by atoms with Gasteiger partial charge >= 0.3 is 17.9 Å². The smallest absolute Gasteiger partial charge is 0.361 e. The molecule has 0 aromatic carbocycles. The maximum absolute atomic E-state index is 12.9. The summed E-state index contributed by atoms with van der Waals surface area (Å²) in [6.07, 6.45) is 80.5. The van der Waals surface area contributed by atoms with Crippen LogP contribution in [0, 0.1) is 0 Å². The number of unbranched alkanes of at least 4 members (excludes halogenated alkanes) is 51. The summed E-state index contributed by atoms with van der Waals surface area (Å²) >= 11 is 0. The van der Waals surface area contributed by atoms with Crippen molar-refractivity contribution >= 4 is 17.9 Å². The van der Waals surface area contributed by atoms with E-state index in [0.717, 1.165) is 38.5 Å². The first-order valence-corrected chi connectivity index (χ1v) is 37.0. The largest absolute Gasteiger partial charge is 0.477 e. The van der Waals surface area contributed by atoms with Crippen molar-refractivity contribution in [2.45, 2.75) is 392 Å². The number of likely N-dealkylation sites (N-methyl/N-ethyl adjacent to an activating group) is 1. The monoisotopic (exact) mass is 1190 g/mol. The van der Waals surface area contributed by atoms with Crippen molar-refractivity contribution in [2.24, 2.45) is 0 Å². The van der Waals surface area contributed by atoms with E-state index in [1.165, 1.54) is 315 Å². The van der Waals surface area contributed by atoms with Crippen LogP contribution in [0.4, 0.5) is 0 Å². The van der Waals surface area contributed by atoms with E-state index in [0.29, 0.717) is 17.4 Å². The third-order valence-corrected chi connectivity index (χ3v) is 16.9. The highest BCUT2D eigenvalue weighted by atomic mass is 16.7. The molecule has 1 N–H and O–H groups in total. The first-order chi connectivity index (χ1) is 41.1. The van der Waals surface area contributed by atoms with Crippen molar-refractivity contribution in [1.29, 1.82) is 0 Å². The summed E-state index contributed by atoms with van der Waals surface area (Å²) in [5.74, 6) is -1.98. The van der Waals surface area contributed by atoms with Gasteiger partial charge < -0.3 is 28.5 Å². The van der Waals surface area contributed by atoms with Gasteiger partial charge in [-0.3, -0.25) is 9.59 Å². The van der Waals surface area contributed by atoms with Crippen molar-refractivity contribution in [3.05, 3.63) is 24.3 Å². The fraction of sp³-hybridized carbons (Fsp3) is 0.907. The Kier molecular flexibility index (Phi) is 64.9. The first-order valence-electron chi connectivity index (χ1n) is 37.0. The van der Waals surface area contributed by atoms with E-state index >= 15 is 0 Å². The van der Waals surface area contributed by atoms with E-state index in [9.17, 15) is 19.5 Å². The summed E-state index contributed by atoms with van der Waals surface area (Å²) in [6.45, 7) is 4.93. The Morgan fingerprint density at radius 1 is 0.345 bits per heavy atom. The molecule has 0 aliphatic rings. The van der Waals surface area contributed by atoms with Crippen molar-refractivity contribution in [1.82, 2.24) is 0 Å². The average Bonchev–Trinajstić information content (AvgIpc) is 3.54. The van der Waals surface area contributed by atoms with E-state index in [1.807, 2.05) is 21.1 Å². The van der Waals surface area contributed by atoms with Gasteiger partial charge in [0, 0.05) is 12.8 Å². The van der Waals surface area contributed by atoms with Crippen LogP contribution >= 0.6 is 0 Å². The standard InChI is InChI=1S/C75H143NO8/c1-6-8-10-12-14-16-18-20-22-24-26-27-28-29-30-31-32-33-34-35-36-37-38-39-40-41-42-43-44-45-46-47-48-50-52-54-56-58-60-62-64-66-73(78)84-71(70-83-75(74(79)80)81-68-67-76(3,4)5)69-82-72(77)65-63-61-59-57-55-53-51-49-25-23-21-19-17-15-13-11-9-7-2/h23-26,71,75H,6-22,27-70H2,1-5H3/p+1/b25-23-,26-24-. The predicted octanol–water partition coefficient (Wildman–Crippen LogP) is 23.0. The quantitative estimate of drug-likeness (QED) is 0.0211. The molecule has 0 bridgehead atoms. The zero-order chi connectivity index (χ0) is 61.2. The highest BCUT2D eigenvalue weighted by Crippen LogP contribution is 2.19. The van der Waals surface area contributed by atoms with Crippen LogP contribution in [0.2, 0.25) is 0 Å². The molecule has 9 nitrogen and oxygen atoms in total. The molecule has 0 fully saturated rings. The van der Waals surface area contributed by atoms with Gasteiger partial charge in [-0.25, -0.2) is 4.79 Å². The number of ether oxygens (including phenoxy) is 4. The Morgan fingerprint density at radius 2 is 0.607 bits per heavy atom. The van der Waals surface area contributed by atoms with Gasteiger partial charge in [0.05, 0.1) is 34.4 Å². The molecule has 2 atom stereocenters. The fourth-order valence-electron chi connectivity index (χ4n) is 11.2. The zero-order valence-corrected chi connectivity index (χ0v) is 56.8. The van der Waals surface area contributed by atoms with E-state index < -0.39 is 18.4 Å². The number of allylic oxidation sites excluding steroid dienone is 4. The van der Waals surface area contributed by atoms with Crippen molar-refractivity contribution in [3.63, 3.8) is 0 Å². The summed E-state index contributed by atoms with van der Waals surface area (Å²) in [5.41, 5.74) is 0. The number of hydrogen-bond acceptors (Lipinski definition) is 7. The van der Waals surface area contributed by atoms with Gasteiger partial charge in [-0.15, -0.1) is 0 Å². The molecule has 84 heavy (non-hydrogen) atoms. The number of nitrogens with zero attached hydrogens (tertiary/aromatic N) is 1. The Labute approximate surface area is 522 Å². The minimum Gasteiger partial charge on any atom is -0.477 e. The number of esters is 2. The number of carbonyl (C=O) groups is 3. The molecule has 0 amide bonds. The molecular formula is C75H144NO8+. The Hall–Kier alpha value is -2.23. The molecule has 0 saturated heterocycles. The van der Waals surface area contributed by atoms with Gasteiger partial charge in [-0.05, 0) is 64.2 Å². The maximum atomic E-state index is 12.9. The highest BCUT2D eigenvalue weighted by molar-refractivity contribution is 5.71. The summed E-state index contributed by atoms with van der Waals surface area (Å²) in [4.78, 5) is 37.6. The minimum absolute atomic E-state index is 0.178. The molecule has 0 radical (unpaired) electrons. The van der Waals surface area contributed by atoms with Crippen LogP contribution in [-0.4, -0.2) is 87.4 Å². The van der Waals surface area contributed by atoms with Gasteiger partial charge in [0.1, 0.15) is 13.2 Å². The van der Waals surface area contributed by atoms with Gasteiger partial charge in [-0.1, -0.05) is 327 Å². The number of hydrogen-bond donors (Lipinski definition) is 1. The lowest BCUT2D eigenvalue weighted by Crippen LogP contribution is -2.40. The van der Waals surface area contributed by atoms with Gasteiger partial charge in [-0.2, -0.15) is 0 Å². The first kappa shape index (κ1) is 81.8. The summed E-state index contributed by atoms with van der Waals surface area (Å²) in [5, 5.41) is 9.74. The number of carboxylic acids is 1. The van der Waals surface area contributed by atoms with Gasteiger partial charge in [0.2, 0.25) is 0 Å². The molecule has 0 aliphatic carbocycles. The number of rotatable bonds is 70. The molecule has 0 aromatic rings. The normalized spacial score (nSPS) is 12.7. The number of carbonyl (C=O) groups excluding carboxylic acids is 2. The lowest BCUT2D eigenvalue weighted by molar-refractivity contribution is -0.870. The molecule has 0 aliphatic heterocycles. The second kappa shape index (κ2) is 66.7. The number of carboxylic acid groups (broad SMARTS) is 1. The molecule has 496 valence electrons. The minimum atomic E-state index is -1.51. The lowest BCUT2D eigenvalue weighted by atomic mass is 10.0. The molecule has 0 heterocycles. The Morgan fingerprint density at radius 3 is 0.881 bits per heavy atom. The second-order valence-corrected chi connectivity index (χ2v) is 26.6. The SMILES string of the molecule is CCCCCCCCC/C=C\CCCCCCCCCC(=O)OCC(COC(OCC[N+](C)(C)C)C(=O)O)OC(=O)CCCCCCCCCCCCCCCCCCCCCCCCCCCCCCC/C=C\CCCCCCCCCC. The molecule has 2 unspecified atom stereocenters. The summed E-state index contributed by atoms with van der Waals surface area (Å²) < 4.78 is 23.0. The highest BCUT2D eigenvalue weighted by Gasteiger charge is 2.25. The van der Waals surface area contributed by atoms with Crippen molar-refractivity contribution in [2.75, 3.05) is 47.5 Å². The van der Waals surface area contributed by atoms with E-state index in [4.69, 9.17) is 18.9 Å². The Bertz CT molecular complexity index is 1430. The molecule has 0 saturated carbocycles. The van der Waals surface area contributed by atoms with Crippen molar-refractivity contribution < 1.29 is 42.9 Å². The fourth-order valence-corrected chi connectivity index (χ4v) is 11.2. The van der Waals surface area contributed by atoms with Crippen LogP contribution in [0.15, 0.2) is 24.3 Å². The maximum Gasteiger partial charge on any atom is 0.361 e. The zero-order valence-electron chi connectivity index (χ0n) is 56.8. The van der Waals surface area contributed by atoms with Crippen LogP contribution in [0.5, 0.6) is 0 Å². The van der Waals surface area contributed by atoms with Crippen molar-refractivity contribution in [3.8, 4) is 0 Å². The van der Waals surface area contributed by atoms with Crippen LogP contribution < -0.4 is 0 Å². The summed E-state index contributed by atoms with van der Waals surface area (Å²) in [6, 6.07) is 0. The van der Waals surface area contributed by atoms with Crippen LogP contribution in [0.1, 0.15) is 380 Å². The average molecular weight is 1190 g/mol. The van der Waals surface area contributed by atoms with Gasteiger partial charge in [0.15, 0.2) is 6.10 Å². The number of quaternary nitrogens is 1. The van der Waals surface area contributed by atoms with E-state index in [1.54, 1.807) is 0 Å². The van der Waals surface area contributed by atoms with E-state index in [2.05, 4.69) is 38.2 Å². The third kappa shape index (κ3) is 67.3. The second-order valence-electron chi connectivity index (χ2n) is 26.6. The van der Waals surface area contributed by atoms with Crippen LogP contribution in [0.3, 0.4) is 0 Å². The molecule has 0 rings (SSSR count). The molecule has 9 heteroatoms. The molecule has 0 spiro atoms. The van der Waals surface area contributed by atoms with Crippen LogP contribution in [0.25, 0.3) is 0 Å². The Balaban J connectivity index is 3.90. The number of aliphatic carboxylic acids is 1. The molecular weight excluding hydrogens is 1040 g/mol. The van der Waals surface area contributed by atoms with Gasteiger partial charge in [0.25, 0.3) is 6.29 Å². The third-order valence-electron chi connectivity index (χ3n) is 16.9. The van der Waals surface area contributed by atoms with Crippen LogP contribution in [-0.2, 0) is 33.3 Å². The summed E-state index contributed by atoms with van der Waals surface area (Å²) in [7, 11) is 5.99.